The van der Waals surface area contributed by atoms with E-state index in [0.717, 1.165) is 15.3 Å². The molecule has 0 aromatic carbocycles. The van der Waals surface area contributed by atoms with E-state index in [1.807, 2.05) is 46.0 Å². The minimum absolute atomic E-state index is 0.0626. The molecule has 1 atom stereocenters. The zero-order valence-electron chi connectivity index (χ0n) is 17.0. The monoisotopic (exact) mass is 414 g/mol. The Morgan fingerprint density at radius 1 is 1.34 bits per heavy atom. The van der Waals surface area contributed by atoms with Crippen LogP contribution in [0.15, 0.2) is 30.6 Å². The highest BCUT2D eigenvalue weighted by Crippen LogP contribution is 2.32. The van der Waals surface area contributed by atoms with Crippen molar-refractivity contribution in [2.24, 2.45) is 0 Å². The second kappa shape index (κ2) is 9.15. The van der Waals surface area contributed by atoms with Crippen molar-refractivity contribution in [3.63, 3.8) is 0 Å². The van der Waals surface area contributed by atoms with E-state index in [9.17, 15) is 9.90 Å². The van der Waals surface area contributed by atoms with Gasteiger partial charge < -0.3 is 20.6 Å². The fraction of sp³-hybridized carbons (Fsp3) is 0.400. The Morgan fingerprint density at radius 2 is 2.10 bits per heavy atom. The molecule has 0 aliphatic carbocycles. The summed E-state index contributed by atoms with van der Waals surface area (Å²) in [6.45, 7) is 6.66. The average Bonchev–Trinajstić information content (AvgIpc) is 3.15. The number of amides is 1. The van der Waals surface area contributed by atoms with Crippen molar-refractivity contribution in [3.8, 4) is 0 Å². The first kappa shape index (κ1) is 20.9. The number of rotatable bonds is 5. The number of thiophene rings is 1. The van der Waals surface area contributed by atoms with E-state index in [1.165, 1.54) is 11.3 Å². The van der Waals surface area contributed by atoms with Gasteiger partial charge in [0.05, 0.1) is 27.4 Å². The van der Waals surface area contributed by atoms with Gasteiger partial charge in [-0.3, -0.25) is 9.78 Å². The minimum Gasteiger partial charge on any atom is -0.389 e. The molecule has 0 bridgehead atoms. The molecule has 4 heterocycles. The number of aromatic nitrogens is 3. The van der Waals surface area contributed by atoms with Crippen LogP contribution in [0.25, 0.3) is 10.2 Å². The third-order valence-electron chi connectivity index (χ3n) is 4.50. The first-order chi connectivity index (χ1) is 14.0. The van der Waals surface area contributed by atoms with Gasteiger partial charge in [-0.05, 0) is 24.6 Å². The second-order valence-corrected chi connectivity index (χ2v) is 7.54. The third-order valence-corrected chi connectivity index (χ3v) is 5.65. The molecule has 1 fully saturated rings. The average molecular weight is 415 g/mol. The lowest BCUT2D eigenvalue weighted by atomic mass is 10.1. The fourth-order valence-electron chi connectivity index (χ4n) is 2.94. The van der Waals surface area contributed by atoms with Crippen molar-refractivity contribution < 1.29 is 9.90 Å². The highest BCUT2D eigenvalue weighted by atomic mass is 32.1. The van der Waals surface area contributed by atoms with Crippen molar-refractivity contribution >= 4 is 38.4 Å². The number of nitrogens with one attached hydrogen (secondary N) is 2. The van der Waals surface area contributed by atoms with E-state index in [-0.39, 0.29) is 11.9 Å². The maximum absolute atomic E-state index is 12.9. The Kier molecular flexibility index (Phi) is 6.60. The van der Waals surface area contributed by atoms with Crippen LogP contribution in [0.4, 0.5) is 10.9 Å². The van der Waals surface area contributed by atoms with E-state index in [4.69, 9.17) is 0 Å². The Morgan fingerprint density at radius 3 is 2.72 bits per heavy atom. The molecule has 1 aliphatic heterocycles. The molecule has 0 unspecified atom stereocenters. The van der Waals surface area contributed by atoms with E-state index in [2.05, 4.69) is 25.6 Å². The molecular formula is C20H26N6O2S. The second-order valence-electron chi connectivity index (χ2n) is 6.49. The molecule has 4 rings (SSSR count). The largest absolute Gasteiger partial charge is 0.389 e. The third kappa shape index (κ3) is 4.46. The number of aliphatic hydroxyl groups is 1. The molecule has 0 saturated carbocycles. The summed E-state index contributed by atoms with van der Waals surface area (Å²) < 4.78 is 0.741. The molecule has 9 heteroatoms. The van der Waals surface area contributed by atoms with Crippen LogP contribution in [0.5, 0.6) is 0 Å². The lowest BCUT2D eigenvalue weighted by molar-refractivity contribution is 0.00567. The summed E-state index contributed by atoms with van der Waals surface area (Å²) in [5, 5.41) is 16.8. The van der Waals surface area contributed by atoms with Crippen molar-refractivity contribution in [3.05, 3.63) is 41.9 Å². The maximum atomic E-state index is 12.9. The minimum atomic E-state index is -0.453. The van der Waals surface area contributed by atoms with E-state index in [0.29, 0.717) is 30.2 Å². The van der Waals surface area contributed by atoms with Crippen molar-refractivity contribution in [2.75, 3.05) is 30.8 Å². The van der Waals surface area contributed by atoms with Gasteiger partial charge in [0.1, 0.15) is 0 Å². The van der Waals surface area contributed by atoms with Gasteiger partial charge in [0.2, 0.25) is 5.95 Å². The molecule has 3 aromatic rings. The van der Waals surface area contributed by atoms with Crippen LogP contribution < -0.4 is 10.6 Å². The first-order valence-electron chi connectivity index (χ1n) is 9.68. The summed E-state index contributed by atoms with van der Waals surface area (Å²) in [6.07, 6.45) is 3.06. The predicted octanol–water partition coefficient (Wildman–Crippen LogP) is 3.14. The summed E-state index contributed by atoms with van der Waals surface area (Å²) in [6, 6.07) is 5.69. The first-order valence-corrected chi connectivity index (χ1v) is 10.5. The van der Waals surface area contributed by atoms with E-state index < -0.39 is 6.10 Å². The highest BCUT2D eigenvalue weighted by molar-refractivity contribution is 7.23. The summed E-state index contributed by atoms with van der Waals surface area (Å²) in [7, 11) is 1.83. The van der Waals surface area contributed by atoms with Crippen LogP contribution in [0.2, 0.25) is 0 Å². The molecule has 3 N–H and O–H groups in total. The highest BCUT2D eigenvalue weighted by Gasteiger charge is 2.32. The Balaban J connectivity index is 0.00000117. The standard InChI is InChI=1S/C18H20N6O2S.C2H6/c1-10(11-4-3-5-20-7-11)21-18-22-13-6-14(19-2)27-16(13)15(23-18)17(26)24-8-12(25)9-24;1-2/h3-7,10,12,19,25H,8-9H2,1-2H3,(H,21,22,23);1-2H3/t10-;/m0./s1. The van der Waals surface area contributed by atoms with Gasteiger partial charge in [-0.2, -0.15) is 0 Å². The molecule has 1 amide bonds. The van der Waals surface area contributed by atoms with Gasteiger partial charge in [-0.15, -0.1) is 11.3 Å². The van der Waals surface area contributed by atoms with Gasteiger partial charge in [0.15, 0.2) is 5.69 Å². The molecule has 29 heavy (non-hydrogen) atoms. The van der Waals surface area contributed by atoms with Gasteiger partial charge in [0, 0.05) is 32.5 Å². The van der Waals surface area contributed by atoms with Crippen molar-refractivity contribution in [2.45, 2.75) is 32.9 Å². The van der Waals surface area contributed by atoms with E-state index in [1.54, 1.807) is 17.3 Å². The summed E-state index contributed by atoms with van der Waals surface area (Å²) >= 11 is 1.45. The van der Waals surface area contributed by atoms with E-state index >= 15 is 0 Å². The fourth-order valence-corrected chi connectivity index (χ4v) is 3.87. The van der Waals surface area contributed by atoms with Crippen LogP contribution in [0, 0.1) is 0 Å². The van der Waals surface area contributed by atoms with Gasteiger partial charge in [-0.25, -0.2) is 9.97 Å². The van der Waals surface area contributed by atoms with Crippen LogP contribution in [0.3, 0.4) is 0 Å². The molecule has 3 aromatic heterocycles. The molecule has 154 valence electrons. The van der Waals surface area contributed by atoms with Crippen LogP contribution in [0.1, 0.15) is 42.9 Å². The smallest absolute Gasteiger partial charge is 0.274 e. The van der Waals surface area contributed by atoms with Gasteiger partial charge >= 0.3 is 0 Å². The Hall–Kier alpha value is -2.78. The Bertz CT molecular complexity index is 972. The summed E-state index contributed by atoms with van der Waals surface area (Å²) in [5.74, 6) is 0.206. The number of β-amino-alcohol motifs (C(OH)–C–C–N with tert-alkyl or cyclic N) is 1. The van der Waals surface area contributed by atoms with Crippen molar-refractivity contribution in [1.29, 1.82) is 0 Å². The maximum Gasteiger partial charge on any atom is 0.274 e. The summed E-state index contributed by atoms with van der Waals surface area (Å²) in [5.41, 5.74) is 2.07. The molecular weight excluding hydrogens is 388 g/mol. The SMILES string of the molecule is CC.CNc1cc2nc(N[C@@H](C)c3cccnc3)nc(C(=O)N3CC(O)C3)c2s1. The number of anilines is 2. The zero-order valence-corrected chi connectivity index (χ0v) is 17.8. The number of aliphatic hydroxyl groups excluding tert-OH is 1. The quantitative estimate of drug-likeness (QED) is 0.589. The van der Waals surface area contributed by atoms with Crippen LogP contribution in [-0.4, -0.2) is 57.1 Å². The van der Waals surface area contributed by atoms with Crippen LogP contribution >= 0.6 is 11.3 Å². The molecule has 1 saturated heterocycles. The molecule has 0 radical (unpaired) electrons. The Labute approximate surface area is 174 Å². The number of carbonyl (C=O) groups is 1. The molecule has 0 spiro atoms. The normalized spacial score (nSPS) is 14.6. The number of nitrogens with zero attached hydrogens (tertiary/aromatic N) is 4. The lowest BCUT2D eigenvalue weighted by Crippen LogP contribution is -2.53. The number of carbonyl (C=O) groups excluding carboxylic acids is 1. The number of hydrogen-bond donors (Lipinski definition) is 3. The van der Waals surface area contributed by atoms with Crippen LogP contribution in [-0.2, 0) is 0 Å². The molecule has 8 nitrogen and oxygen atoms in total. The topological polar surface area (TPSA) is 103 Å². The van der Waals surface area contributed by atoms with Gasteiger partial charge in [-0.1, -0.05) is 19.9 Å². The van der Waals surface area contributed by atoms with Crippen molar-refractivity contribution in [1.82, 2.24) is 19.9 Å². The number of hydrogen-bond acceptors (Lipinski definition) is 8. The lowest BCUT2D eigenvalue weighted by Gasteiger charge is -2.35. The predicted molar refractivity (Wildman–Crippen MR) is 116 cm³/mol. The summed E-state index contributed by atoms with van der Waals surface area (Å²) in [4.78, 5) is 27.7. The van der Waals surface area contributed by atoms with Gasteiger partial charge in [0.25, 0.3) is 5.91 Å². The molecule has 1 aliphatic rings. The number of fused-ring (bicyclic) bond motifs is 1. The number of likely N-dealkylation sites (tertiary alicyclic amines) is 1. The zero-order chi connectivity index (χ0) is 21.0. The number of pyridine rings is 1.